The molecule has 3 nitrogen and oxygen atoms in total. The summed E-state index contributed by atoms with van der Waals surface area (Å²) in [5.74, 6) is 0.885. The monoisotopic (exact) mass is 263 g/mol. The van der Waals surface area contributed by atoms with Crippen LogP contribution in [0.1, 0.15) is 16.7 Å². The summed E-state index contributed by atoms with van der Waals surface area (Å²) >= 11 is 0. The molecule has 0 amide bonds. The first-order chi connectivity index (χ1) is 9.72. The van der Waals surface area contributed by atoms with Crippen LogP contribution in [-0.2, 0) is 6.54 Å². The van der Waals surface area contributed by atoms with Crippen LogP contribution in [0.4, 0.5) is 5.82 Å². The second kappa shape index (κ2) is 5.29. The number of hydrogen-bond donors (Lipinski definition) is 1. The summed E-state index contributed by atoms with van der Waals surface area (Å²) in [6.07, 6.45) is 1.61. The van der Waals surface area contributed by atoms with Crippen LogP contribution in [0.3, 0.4) is 0 Å². The van der Waals surface area contributed by atoms with Crippen molar-refractivity contribution in [3.8, 4) is 0 Å². The number of hydrogen-bond acceptors (Lipinski definition) is 3. The zero-order valence-electron chi connectivity index (χ0n) is 11.7. The highest BCUT2D eigenvalue weighted by Gasteiger charge is 2.03. The molecule has 1 N–H and O–H groups in total. The van der Waals surface area contributed by atoms with E-state index in [4.69, 9.17) is 0 Å². The van der Waals surface area contributed by atoms with E-state index >= 15 is 0 Å². The summed E-state index contributed by atoms with van der Waals surface area (Å²) in [6, 6.07) is 14.8. The number of aromatic nitrogens is 2. The van der Waals surface area contributed by atoms with Crippen molar-refractivity contribution in [2.75, 3.05) is 5.32 Å². The Labute approximate surface area is 118 Å². The molecule has 0 radical (unpaired) electrons. The number of anilines is 1. The lowest BCUT2D eigenvalue weighted by Crippen LogP contribution is -2.02. The largest absolute Gasteiger partial charge is 0.365 e. The van der Waals surface area contributed by atoms with Crippen molar-refractivity contribution >= 4 is 16.7 Å². The van der Waals surface area contributed by atoms with Gasteiger partial charge in [0.05, 0.1) is 5.52 Å². The number of fused-ring (bicyclic) bond motifs is 1. The molecule has 3 heteroatoms. The fraction of sp³-hybridized carbons (Fsp3) is 0.176. The maximum atomic E-state index is 4.35. The summed E-state index contributed by atoms with van der Waals surface area (Å²) in [5, 5.41) is 4.45. The van der Waals surface area contributed by atoms with Gasteiger partial charge in [0, 0.05) is 11.9 Å². The predicted molar refractivity (Wildman–Crippen MR) is 82.8 cm³/mol. The van der Waals surface area contributed by atoms with Crippen LogP contribution in [0.25, 0.3) is 10.9 Å². The van der Waals surface area contributed by atoms with E-state index in [0.717, 1.165) is 23.3 Å². The van der Waals surface area contributed by atoms with E-state index < -0.39 is 0 Å². The van der Waals surface area contributed by atoms with Gasteiger partial charge in [-0.2, -0.15) is 0 Å². The number of rotatable bonds is 3. The fourth-order valence-electron chi connectivity index (χ4n) is 2.20. The fourth-order valence-corrected chi connectivity index (χ4v) is 2.20. The third kappa shape index (κ3) is 2.62. The Bertz CT molecular complexity index is 733. The number of nitrogens with zero attached hydrogens (tertiary/aromatic N) is 2. The lowest BCUT2D eigenvalue weighted by molar-refractivity contribution is 1.10. The lowest BCUT2D eigenvalue weighted by atomic mass is 10.1. The van der Waals surface area contributed by atoms with Gasteiger partial charge in [0.1, 0.15) is 12.1 Å². The van der Waals surface area contributed by atoms with Crippen LogP contribution in [0, 0.1) is 13.8 Å². The Morgan fingerprint density at radius 2 is 1.65 bits per heavy atom. The third-order valence-corrected chi connectivity index (χ3v) is 3.37. The highest BCUT2D eigenvalue weighted by molar-refractivity contribution is 5.89. The van der Waals surface area contributed by atoms with Gasteiger partial charge in [0.15, 0.2) is 0 Å². The Morgan fingerprint density at radius 3 is 2.45 bits per heavy atom. The van der Waals surface area contributed by atoms with Crippen LogP contribution in [-0.4, -0.2) is 9.97 Å². The average Bonchev–Trinajstić information content (AvgIpc) is 2.46. The zero-order chi connectivity index (χ0) is 13.9. The second-order valence-corrected chi connectivity index (χ2v) is 5.08. The summed E-state index contributed by atoms with van der Waals surface area (Å²) in [6.45, 7) is 4.93. The molecule has 3 rings (SSSR count). The van der Waals surface area contributed by atoms with Gasteiger partial charge in [0.2, 0.25) is 0 Å². The molecule has 0 spiro atoms. The summed E-state index contributed by atoms with van der Waals surface area (Å²) in [5.41, 5.74) is 4.71. The third-order valence-electron chi connectivity index (χ3n) is 3.37. The summed E-state index contributed by atoms with van der Waals surface area (Å²) in [4.78, 5) is 8.67. The van der Waals surface area contributed by atoms with E-state index in [9.17, 15) is 0 Å². The van der Waals surface area contributed by atoms with Crippen molar-refractivity contribution in [1.82, 2.24) is 9.97 Å². The number of benzene rings is 2. The van der Waals surface area contributed by atoms with Gasteiger partial charge >= 0.3 is 0 Å². The normalized spacial score (nSPS) is 10.7. The van der Waals surface area contributed by atoms with Gasteiger partial charge in [-0.3, -0.25) is 0 Å². The molecular formula is C17H17N3. The molecule has 0 aliphatic carbocycles. The van der Waals surface area contributed by atoms with E-state index in [2.05, 4.69) is 71.6 Å². The molecule has 0 saturated heterocycles. The van der Waals surface area contributed by atoms with E-state index in [1.54, 1.807) is 6.33 Å². The molecule has 2 aromatic carbocycles. The highest BCUT2D eigenvalue weighted by Crippen LogP contribution is 2.20. The second-order valence-electron chi connectivity index (χ2n) is 5.08. The van der Waals surface area contributed by atoms with E-state index in [-0.39, 0.29) is 0 Å². The molecule has 100 valence electrons. The molecule has 0 saturated carbocycles. The molecule has 0 aliphatic rings. The Hall–Kier alpha value is -2.42. The molecule has 0 atom stereocenters. The number of aryl methyl sites for hydroxylation is 2. The van der Waals surface area contributed by atoms with Crippen LogP contribution in [0.5, 0.6) is 0 Å². The maximum absolute atomic E-state index is 4.35. The van der Waals surface area contributed by atoms with Gasteiger partial charge < -0.3 is 5.32 Å². The first-order valence-electron chi connectivity index (χ1n) is 6.73. The minimum absolute atomic E-state index is 0.764. The van der Waals surface area contributed by atoms with Gasteiger partial charge in [-0.25, -0.2) is 9.97 Å². The van der Waals surface area contributed by atoms with Gasteiger partial charge in [0.25, 0.3) is 0 Å². The highest BCUT2D eigenvalue weighted by atomic mass is 15.0. The van der Waals surface area contributed by atoms with E-state index in [1.165, 1.54) is 16.7 Å². The summed E-state index contributed by atoms with van der Waals surface area (Å²) < 4.78 is 0. The smallest absolute Gasteiger partial charge is 0.137 e. The molecule has 0 aliphatic heterocycles. The Balaban J connectivity index is 1.85. The van der Waals surface area contributed by atoms with Crippen molar-refractivity contribution in [3.63, 3.8) is 0 Å². The molecule has 1 heterocycles. The molecule has 0 unspecified atom stereocenters. The summed E-state index contributed by atoms with van der Waals surface area (Å²) in [7, 11) is 0. The Morgan fingerprint density at radius 1 is 0.900 bits per heavy atom. The lowest BCUT2D eigenvalue weighted by Gasteiger charge is -2.09. The van der Waals surface area contributed by atoms with Crippen molar-refractivity contribution in [2.24, 2.45) is 0 Å². The van der Waals surface area contributed by atoms with Gasteiger partial charge in [-0.1, -0.05) is 35.9 Å². The SMILES string of the molecule is Cc1ccc(CNc2ncnc3cc(C)ccc23)cc1. The number of nitrogens with one attached hydrogen (secondary N) is 1. The van der Waals surface area contributed by atoms with E-state index in [1.807, 2.05) is 0 Å². The van der Waals surface area contributed by atoms with Crippen LogP contribution >= 0.6 is 0 Å². The van der Waals surface area contributed by atoms with Crippen molar-refractivity contribution < 1.29 is 0 Å². The van der Waals surface area contributed by atoms with Crippen molar-refractivity contribution in [3.05, 3.63) is 65.5 Å². The zero-order valence-corrected chi connectivity index (χ0v) is 11.7. The predicted octanol–water partition coefficient (Wildman–Crippen LogP) is 3.86. The van der Waals surface area contributed by atoms with Crippen LogP contribution in [0.2, 0.25) is 0 Å². The molecule has 0 fully saturated rings. The molecule has 1 aromatic heterocycles. The molecule has 3 aromatic rings. The quantitative estimate of drug-likeness (QED) is 0.779. The topological polar surface area (TPSA) is 37.8 Å². The average molecular weight is 263 g/mol. The first kappa shape index (κ1) is 12.6. The van der Waals surface area contributed by atoms with Gasteiger partial charge in [-0.05, 0) is 37.1 Å². The van der Waals surface area contributed by atoms with Crippen LogP contribution in [0.15, 0.2) is 48.8 Å². The standard InChI is InChI=1S/C17H17N3/c1-12-3-6-14(7-4-12)10-18-17-15-8-5-13(2)9-16(15)19-11-20-17/h3-9,11H,10H2,1-2H3,(H,18,19,20). The molecule has 0 bridgehead atoms. The minimum Gasteiger partial charge on any atom is -0.365 e. The maximum Gasteiger partial charge on any atom is 0.137 e. The van der Waals surface area contributed by atoms with Gasteiger partial charge in [-0.15, -0.1) is 0 Å². The van der Waals surface area contributed by atoms with Crippen molar-refractivity contribution in [1.29, 1.82) is 0 Å². The molecular weight excluding hydrogens is 246 g/mol. The molecule has 20 heavy (non-hydrogen) atoms. The first-order valence-corrected chi connectivity index (χ1v) is 6.73. The van der Waals surface area contributed by atoms with Crippen LogP contribution < -0.4 is 5.32 Å². The minimum atomic E-state index is 0.764. The van der Waals surface area contributed by atoms with E-state index in [0.29, 0.717) is 0 Å². The Kier molecular flexibility index (Phi) is 3.33. The van der Waals surface area contributed by atoms with Crippen molar-refractivity contribution in [2.45, 2.75) is 20.4 Å².